The molecule has 3 N–H and O–H groups in total. The van der Waals surface area contributed by atoms with Crippen LogP contribution in [-0.4, -0.2) is 18.1 Å². The molecule has 2 aromatic heterocycles. The molecule has 1 unspecified atom stereocenters. The Morgan fingerprint density at radius 3 is 2.63 bits per heavy atom. The van der Waals surface area contributed by atoms with Crippen LogP contribution in [0.15, 0.2) is 46.6 Å². The predicted octanol–water partition coefficient (Wildman–Crippen LogP) is 4.62. The fraction of sp³-hybridized carbons (Fsp3) is 0.227. The third-order valence-corrected chi connectivity index (χ3v) is 5.80. The lowest BCUT2D eigenvalue weighted by Gasteiger charge is -2.16. The first kappa shape index (κ1) is 17.8. The lowest BCUT2D eigenvalue weighted by atomic mass is 9.94. The smallest absolute Gasteiger partial charge is 0.266 e. The van der Waals surface area contributed by atoms with E-state index in [1.807, 2.05) is 31.4 Å². The summed E-state index contributed by atoms with van der Waals surface area (Å²) >= 11 is 1.46. The van der Waals surface area contributed by atoms with Gasteiger partial charge in [0.2, 0.25) is 0 Å². The van der Waals surface area contributed by atoms with Crippen LogP contribution < -0.4 is 16.0 Å². The van der Waals surface area contributed by atoms with Crippen LogP contribution in [-0.2, 0) is 6.42 Å². The standard InChI is InChI=1S/C22H22N2O2S/c1-12-10-17(26-3)18(15-6-4-14(5-7-15)11-13(2)23)19-16-8-9-27-21(16)22(25)24-20(12)19/h4-10,13H,11,23H2,1-3H3,(H,24,25). The molecular formula is C22H22N2O2S. The van der Waals surface area contributed by atoms with Gasteiger partial charge in [0.1, 0.15) is 10.4 Å². The van der Waals surface area contributed by atoms with E-state index in [0.717, 1.165) is 49.8 Å². The molecule has 0 radical (unpaired) electrons. The van der Waals surface area contributed by atoms with Crippen molar-refractivity contribution in [1.29, 1.82) is 0 Å². The van der Waals surface area contributed by atoms with Crippen LogP contribution in [0.4, 0.5) is 0 Å². The Labute approximate surface area is 161 Å². The Bertz CT molecular complexity index is 1190. The van der Waals surface area contributed by atoms with Gasteiger partial charge in [-0.1, -0.05) is 24.3 Å². The summed E-state index contributed by atoms with van der Waals surface area (Å²) in [5.41, 5.74) is 11.0. The summed E-state index contributed by atoms with van der Waals surface area (Å²) in [5.74, 6) is 0.805. The Morgan fingerprint density at radius 1 is 1.22 bits per heavy atom. The maximum atomic E-state index is 12.5. The summed E-state index contributed by atoms with van der Waals surface area (Å²) in [4.78, 5) is 15.5. The average molecular weight is 378 g/mol. The molecule has 0 fully saturated rings. The summed E-state index contributed by atoms with van der Waals surface area (Å²) in [7, 11) is 1.69. The molecule has 0 aliphatic heterocycles. The molecule has 27 heavy (non-hydrogen) atoms. The van der Waals surface area contributed by atoms with Gasteiger partial charge in [-0.3, -0.25) is 4.79 Å². The number of nitrogens with one attached hydrogen (secondary N) is 1. The van der Waals surface area contributed by atoms with Gasteiger partial charge in [0.05, 0.1) is 12.6 Å². The lowest BCUT2D eigenvalue weighted by molar-refractivity contribution is 0.416. The van der Waals surface area contributed by atoms with Crippen LogP contribution >= 0.6 is 11.3 Å². The minimum absolute atomic E-state index is 0.0426. The topological polar surface area (TPSA) is 68.1 Å². The number of aryl methyl sites for hydroxylation is 1. The van der Waals surface area contributed by atoms with Crippen molar-refractivity contribution in [2.24, 2.45) is 5.73 Å². The summed E-state index contributed by atoms with van der Waals surface area (Å²) in [6.07, 6.45) is 0.841. The van der Waals surface area contributed by atoms with Crippen molar-refractivity contribution < 1.29 is 4.74 Å². The number of hydrogen-bond donors (Lipinski definition) is 2. The second kappa shape index (κ2) is 6.83. The molecule has 0 aliphatic carbocycles. The SMILES string of the molecule is COc1cc(C)c2[nH]c(=O)c3sccc3c2c1-c1ccc(CC(C)N)cc1. The second-order valence-corrected chi connectivity index (χ2v) is 7.93. The van der Waals surface area contributed by atoms with Crippen molar-refractivity contribution in [2.75, 3.05) is 7.11 Å². The summed E-state index contributed by atoms with van der Waals surface area (Å²) < 4.78 is 6.47. The number of ether oxygens (including phenoxy) is 1. The molecule has 0 spiro atoms. The average Bonchev–Trinajstić information content (AvgIpc) is 3.13. The Morgan fingerprint density at radius 2 is 1.96 bits per heavy atom. The fourth-order valence-electron chi connectivity index (χ4n) is 3.70. The van der Waals surface area contributed by atoms with E-state index in [1.54, 1.807) is 7.11 Å². The highest BCUT2D eigenvalue weighted by Gasteiger charge is 2.18. The molecule has 0 amide bonds. The largest absolute Gasteiger partial charge is 0.496 e. The molecule has 1 atom stereocenters. The number of benzene rings is 2. The number of H-pyrrole nitrogens is 1. The molecule has 5 heteroatoms. The van der Waals surface area contributed by atoms with E-state index in [-0.39, 0.29) is 11.6 Å². The molecule has 0 bridgehead atoms. The molecule has 2 aromatic carbocycles. The van der Waals surface area contributed by atoms with Crippen molar-refractivity contribution in [2.45, 2.75) is 26.3 Å². The van der Waals surface area contributed by atoms with Gasteiger partial charge in [-0.25, -0.2) is 0 Å². The van der Waals surface area contributed by atoms with Crippen LogP contribution in [0.5, 0.6) is 5.75 Å². The zero-order valence-corrected chi connectivity index (χ0v) is 16.4. The molecule has 4 aromatic rings. The van der Waals surface area contributed by atoms with E-state index in [2.05, 4.69) is 29.2 Å². The van der Waals surface area contributed by atoms with Crippen molar-refractivity contribution in [1.82, 2.24) is 4.98 Å². The van der Waals surface area contributed by atoms with E-state index >= 15 is 0 Å². The summed E-state index contributed by atoms with van der Waals surface area (Å²) in [6, 6.07) is 12.6. The molecule has 0 saturated heterocycles. The zero-order valence-electron chi connectivity index (χ0n) is 15.6. The first-order valence-corrected chi connectivity index (χ1v) is 9.83. The van der Waals surface area contributed by atoms with Crippen LogP contribution in [0.1, 0.15) is 18.1 Å². The van der Waals surface area contributed by atoms with Crippen LogP contribution in [0.2, 0.25) is 0 Å². The van der Waals surface area contributed by atoms with Crippen LogP contribution in [0.25, 0.3) is 32.1 Å². The van der Waals surface area contributed by atoms with Crippen molar-refractivity contribution in [3.8, 4) is 16.9 Å². The van der Waals surface area contributed by atoms with Gasteiger partial charge < -0.3 is 15.5 Å². The molecule has 4 nitrogen and oxygen atoms in total. The molecular weight excluding hydrogens is 356 g/mol. The number of thiophene rings is 1. The monoisotopic (exact) mass is 378 g/mol. The van der Waals surface area contributed by atoms with E-state index in [1.165, 1.54) is 16.9 Å². The van der Waals surface area contributed by atoms with Gasteiger partial charge in [0.15, 0.2) is 0 Å². The molecule has 2 heterocycles. The number of nitrogens with two attached hydrogens (primary N) is 1. The Hall–Kier alpha value is -2.63. The number of aromatic nitrogens is 1. The van der Waals surface area contributed by atoms with E-state index in [0.29, 0.717) is 0 Å². The predicted molar refractivity (Wildman–Crippen MR) is 114 cm³/mol. The number of fused-ring (bicyclic) bond motifs is 3. The number of hydrogen-bond acceptors (Lipinski definition) is 4. The van der Waals surface area contributed by atoms with Gasteiger partial charge in [-0.2, -0.15) is 0 Å². The quantitative estimate of drug-likeness (QED) is 0.545. The number of rotatable bonds is 4. The zero-order chi connectivity index (χ0) is 19.1. The molecule has 4 rings (SSSR count). The highest BCUT2D eigenvalue weighted by Crippen LogP contribution is 2.41. The van der Waals surface area contributed by atoms with E-state index in [9.17, 15) is 4.79 Å². The normalized spacial score (nSPS) is 12.6. The van der Waals surface area contributed by atoms with Crippen molar-refractivity contribution in [3.63, 3.8) is 0 Å². The minimum atomic E-state index is -0.0426. The number of pyridine rings is 1. The van der Waals surface area contributed by atoms with Crippen molar-refractivity contribution >= 4 is 32.3 Å². The van der Waals surface area contributed by atoms with Gasteiger partial charge in [0.25, 0.3) is 5.56 Å². The van der Waals surface area contributed by atoms with E-state index < -0.39 is 0 Å². The lowest BCUT2D eigenvalue weighted by Crippen LogP contribution is -2.17. The highest BCUT2D eigenvalue weighted by atomic mass is 32.1. The highest BCUT2D eigenvalue weighted by molar-refractivity contribution is 7.17. The molecule has 0 saturated carbocycles. The first-order chi connectivity index (χ1) is 13.0. The third kappa shape index (κ3) is 3.03. The molecule has 138 valence electrons. The van der Waals surface area contributed by atoms with Crippen LogP contribution in [0.3, 0.4) is 0 Å². The first-order valence-electron chi connectivity index (χ1n) is 8.95. The van der Waals surface area contributed by atoms with Gasteiger partial charge >= 0.3 is 0 Å². The van der Waals surface area contributed by atoms with Gasteiger partial charge in [-0.15, -0.1) is 11.3 Å². The maximum Gasteiger partial charge on any atom is 0.266 e. The number of aromatic amines is 1. The Kier molecular flexibility index (Phi) is 4.50. The Balaban J connectivity index is 2.05. The molecule has 0 aliphatic rings. The third-order valence-electron chi connectivity index (χ3n) is 4.89. The number of methoxy groups -OCH3 is 1. The van der Waals surface area contributed by atoms with Crippen LogP contribution in [0, 0.1) is 6.92 Å². The van der Waals surface area contributed by atoms with E-state index in [4.69, 9.17) is 10.5 Å². The summed E-state index contributed by atoms with van der Waals surface area (Å²) in [6.45, 7) is 4.00. The van der Waals surface area contributed by atoms with Gasteiger partial charge in [-0.05, 0) is 54.5 Å². The van der Waals surface area contributed by atoms with Crippen molar-refractivity contribution in [3.05, 3.63) is 63.3 Å². The summed E-state index contributed by atoms with van der Waals surface area (Å²) in [5, 5.41) is 3.96. The fourth-order valence-corrected chi connectivity index (χ4v) is 4.49. The van der Waals surface area contributed by atoms with Gasteiger partial charge in [0, 0.05) is 22.4 Å². The second-order valence-electron chi connectivity index (χ2n) is 7.02. The minimum Gasteiger partial charge on any atom is -0.496 e. The maximum absolute atomic E-state index is 12.5.